The van der Waals surface area contributed by atoms with Crippen LogP contribution in [0.1, 0.15) is 6.92 Å². The molecule has 14 heavy (non-hydrogen) atoms. The third kappa shape index (κ3) is 1.28. The van der Waals surface area contributed by atoms with Crippen molar-refractivity contribution in [2.45, 2.75) is 13.5 Å². The Labute approximate surface area is 79.8 Å². The normalized spacial score (nSPS) is 10.7. The van der Waals surface area contributed by atoms with Gasteiger partial charge in [-0.25, -0.2) is 9.37 Å². The second-order valence-electron chi connectivity index (χ2n) is 3.00. The highest BCUT2D eigenvalue weighted by atomic mass is 19.1. The van der Waals surface area contributed by atoms with E-state index >= 15 is 0 Å². The lowest BCUT2D eigenvalue weighted by molar-refractivity contribution is 0.628. The lowest BCUT2D eigenvalue weighted by Crippen LogP contribution is -2.19. The molecule has 0 saturated heterocycles. The Hall–Kier alpha value is -1.71. The number of halogens is 1. The standard InChI is InChI=1S/C10H9FN2O/c1-2-13-6-12-9-4-3-7(11)5-8(9)10(13)14/h3-6H,2H2,1H3. The Balaban J connectivity index is 2.87. The van der Waals surface area contributed by atoms with Gasteiger partial charge in [-0.2, -0.15) is 0 Å². The van der Waals surface area contributed by atoms with Crippen LogP contribution in [0, 0.1) is 5.82 Å². The number of hydrogen-bond acceptors (Lipinski definition) is 2. The topological polar surface area (TPSA) is 34.9 Å². The zero-order chi connectivity index (χ0) is 10.1. The van der Waals surface area contributed by atoms with Crippen molar-refractivity contribution in [1.82, 2.24) is 9.55 Å². The summed E-state index contributed by atoms with van der Waals surface area (Å²) in [6.45, 7) is 2.38. The minimum atomic E-state index is -0.412. The van der Waals surface area contributed by atoms with E-state index in [0.29, 0.717) is 17.4 Å². The van der Waals surface area contributed by atoms with Crippen molar-refractivity contribution < 1.29 is 4.39 Å². The smallest absolute Gasteiger partial charge is 0.261 e. The first-order valence-corrected chi connectivity index (χ1v) is 4.37. The zero-order valence-corrected chi connectivity index (χ0v) is 7.70. The summed E-state index contributed by atoms with van der Waals surface area (Å²) in [7, 11) is 0. The molecular weight excluding hydrogens is 183 g/mol. The summed E-state index contributed by atoms with van der Waals surface area (Å²) in [5.41, 5.74) is 0.332. The Kier molecular flexibility index (Phi) is 2.04. The third-order valence-electron chi connectivity index (χ3n) is 2.13. The van der Waals surface area contributed by atoms with Gasteiger partial charge >= 0.3 is 0 Å². The van der Waals surface area contributed by atoms with Crippen molar-refractivity contribution in [3.63, 3.8) is 0 Å². The minimum absolute atomic E-state index is 0.197. The fourth-order valence-corrected chi connectivity index (χ4v) is 1.36. The van der Waals surface area contributed by atoms with E-state index in [9.17, 15) is 9.18 Å². The molecule has 2 rings (SSSR count). The van der Waals surface area contributed by atoms with E-state index in [1.165, 1.54) is 29.1 Å². The van der Waals surface area contributed by atoms with Gasteiger partial charge in [0.25, 0.3) is 5.56 Å². The average Bonchev–Trinajstić information content (AvgIpc) is 2.20. The first kappa shape index (κ1) is 8.87. The first-order valence-electron chi connectivity index (χ1n) is 4.37. The van der Waals surface area contributed by atoms with Gasteiger partial charge in [0.05, 0.1) is 17.2 Å². The predicted octanol–water partition coefficient (Wildman–Crippen LogP) is 1.56. The summed E-state index contributed by atoms with van der Waals surface area (Å²) in [6, 6.07) is 4.02. The quantitative estimate of drug-likeness (QED) is 0.687. The molecule has 0 aliphatic heterocycles. The number of benzene rings is 1. The molecule has 0 atom stereocenters. The SMILES string of the molecule is CCn1cnc2ccc(F)cc2c1=O. The van der Waals surface area contributed by atoms with Gasteiger partial charge in [0, 0.05) is 6.54 Å². The molecule has 0 unspecified atom stereocenters. The summed E-state index contributed by atoms with van der Waals surface area (Å²) in [5, 5.41) is 0.328. The molecule has 1 heterocycles. The highest BCUT2D eigenvalue weighted by Gasteiger charge is 2.03. The Bertz CT molecular complexity index is 533. The van der Waals surface area contributed by atoms with Crippen LogP contribution >= 0.6 is 0 Å². The van der Waals surface area contributed by atoms with Crippen molar-refractivity contribution in [2.75, 3.05) is 0 Å². The monoisotopic (exact) mass is 192 g/mol. The van der Waals surface area contributed by atoms with Gasteiger partial charge in [0.15, 0.2) is 0 Å². The Morgan fingerprint density at radius 2 is 2.29 bits per heavy atom. The lowest BCUT2D eigenvalue weighted by atomic mass is 10.2. The van der Waals surface area contributed by atoms with E-state index in [1.807, 2.05) is 6.92 Å². The van der Waals surface area contributed by atoms with Crippen LogP contribution < -0.4 is 5.56 Å². The highest BCUT2D eigenvalue weighted by Crippen LogP contribution is 2.08. The highest BCUT2D eigenvalue weighted by molar-refractivity contribution is 5.77. The van der Waals surface area contributed by atoms with Crippen molar-refractivity contribution in [3.8, 4) is 0 Å². The summed E-state index contributed by atoms with van der Waals surface area (Å²) in [6.07, 6.45) is 1.47. The number of hydrogen-bond donors (Lipinski definition) is 0. The van der Waals surface area contributed by atoms with E-state index in [0.717, 1.165) is 0 Å². The van der Waals surface area contributed by atoms with Gasteiger partial charge in [-0.3, -0.25) is 9.36 Å². The fourth-order valence-electron chi connectivity index (χ4n) is 1.36. The molecule has 0 aliphatic rings. The van der Waals surface area contributed by atoms with Crippen LogP contribution in [-0.4, -0.2) is 9.55 Å². The van der Waals surface area contributed by atoms with Crippen LogP contribution in [-0.2, 0) is 6.54 Å². The van der Waals surface area contributed by atoms with Crippen LogP contribution in [0.15, 0.2) is 29.3 Å². The van der Waals surface area contributed by atoms with Gasteiger partial charge in [0.2, 0.25) is 0 Å². The summed E-state index contributed by atoms with van der Waals surface area (Å²) >= 11 is 0. The maximum atomic E-state index is 12.9. The van der Waals surface area contributed by atoms with Crippen LogP contribution in [0.25, 0.3) is 10.9 Å². The number of rotatable bonds is 1. The number of fused-ring (bicyclic) bond motifs is 1. The molecular formula is C10H9FN2O. The maximum absolute atomic E-state index is 12.9. The average molecular weight is 192 g/mol. The van der Waals surface area contributed by atoms with Gasteiger partial charge < -0.3 is 0 Å². The van der Waals surface area contributed by atoms with Gasteiger partial charge in [0.1, 0.15) is 5.82 Å². The second-order valence-corrected chi connectivity index (χ2v) is 3.00. The molecule has 3 nitrogen and oxygen atoms in total. The number of aryl methyl sites for hydroxylation is 1. The molecule has 72 valence electrons. The molecule has 4 heteroatoms. The number of aromatic nitrogens is 2. The van der Waals surface area contributed by atoms with E-state index in [-0.39, 0.29) is 5.56 Å². The zero-order valence-electron chi connectivity index (χ0n) is 7.70. The summed E-state index contributed by atoms with van der Waals surface area (Å²) in [4.78, 5) is 15.7. The maximum Gasteiger partial charge on any atom is 0.261 e. The van der Waals surface area contributed by atoms with Gasteiger partial charge in [-0.15, -0.1) is 0 Å². The fraction of sp³-hybridized carbons (Fsp3) is 0.200. The molecule has 0 radical (unpaired) electrons. The van der Waals surface area contributed by atoms with Crippen molar-refractivity contribution >= 4 is 10.9 Å². The Morgan fingerprint density at radius 3 is 3.00 bits per heavy atom. The molecule has 0 fully saturated rings. The van der Waals surface area contributed by atoms with Crippen LogP contribution in [0.3, 0.4) is 0 Å². The molecule has 1 aromatic carbocycles. The molecule has 0 saturated carbocycles. The Morgan fingerprint density at radius 1 is 1.50 bits per heavy atom. The van der Waals surface area contributed by atoms with Crippen LogP contribution in [0.2, 0.25) is 0 Å². The van der Waals surface area contributed by atoms with Crippen molar-refractivity contribution in [2.24, 2.45) is 0 Å². The predicted molar refractivity (Wildman–Crippen MR) is 51.6 cm³/mol. The van der Waals surface area contributed by atoms with E-state index in [2.05, 4.69) is 4.98 Å². The second kappa shape index (κ2) is 3.21. The van der Waals surface area contributed by atoms with E-state index < -0.39 is 5.82 Å². The lowest BCUT2D eigenvalue weighted by Gasteiger charge is -2.02. The molecule has 0 aliphatic carbocycles. The molecule has 2 aromatic rings. The van der Waals surface area contributed by atoms with Crippen molar-refractivity contribution in [1.29, 1.82) is 0 Å². The molecule has 0 bridgehead atoms. The summed E-state index contributed by atoms with van der Waals surface area (Å²) in [5.74, 6) is -0.412. The largest absolute Gasteiger partial charge is 0.299 e. The van der Waals surface area contributed by atoms with E-state index in [4.69, 9.17) is 0 Å². The summed E-state index contributed by atoms with van der Waals surface area (Å²) < 4.78 is 14.3. The van der Waals surface area contributed by atoms with Crippen LogP contribution in [0.4, 0.5) is 4.39 Å². The molecule has 1 aromatic heterocycles. The molecule has 0 amide bonds. The first-order chi connectivity index (χ1) is 6.72. The number of nitrogens with zero attached hydrogens (tertiary/aromatic N) is 2. The van der Waals surface area contributed by atoms with E-state index in [1.54, 1.807) is 0 Å². The minimum Gasteiger partial charge on any atom is -0.299 e. The van der Waals surface area contributed by atoms with Gasteiger partial charge in [-0.1, -0.05) is 0 Å². The molecule has 0 N–H and O–H groups in total. The van der Waals surface area contributed by atoms with Crippen LogP contribution in [0.5, 0.6) is 0 Å². The molecule has 0 spiro atoms. The van der Waals surface area contributed by atoms with Gasteiger partial charge in [-0.05, 0) is 25.1 Å². The third-order valence-corrected chi connectivity index (χ3v) is 2.13. The van der Waals surface area contributed by atoms with Crippen molar-refractivity contribution in [3.05, 3.63) is 40.7 Å².